The van der Waals surface area contributed by atoms with Crippen molar-refractivity contribution in [3.8, 4) is 0 Å². The number of benzene rings is 1. The SMILES string of the molecule is O=C(NCCC1CC1)c1ccc(Cl)cc1Br. The van der Waals surface area contributed by atoms with Gasteiger partial charge in [0.2, 0.25) is 0 Å². The van der Waals surface area contributed by atoms with Crippen molar-refractivity contribution in [1.82, 2.24) is 5.32 Å². The van der Waals surface area contributed by atoms with E-state index in [4.69, 9.17) is 11.6 Å². The van der Waals surface area contributed by atoms with Gasteiger partial charge in [-0.3, -0.25) is 4.79 Å². The molecule has 1 aliphatic rings. The van der Waals surface area contributed by atoms with Crippen LogP contribution in [0.3, 0.4) is 0 Å². The van der Waals surface area contributed by atoms with Gasteiger partial charge in [-0.05, 0) is 46.5 Å². The van der Waals surface area contributed by atoms with Gasteiger partial charge in [-0.2, -0.15) is 0 Å². The van der Waals surface area contributed by atoms with Gasteiger partial charge in [0.15, 0.2) is 0 Å². The smallest absolute Gasteiger partial charge is 0.252 e. The number of rotatable bonds is 4. The largest absolute Gasteiger partial charge is 0.352 e. The van der Waals surface area contributed by atoms with E-state index in [-0.39, 0.29) is 5.91 Å². The Kier molecular flexibility index (Phi) is 3.87. The molecule has 2 rings (SSSR count). The normalized spacial score (nSPS) is 14.9. The van der Waals surface area contributed by atoms with Crippen LogP contribution < -0.4 is 5.32 Å². The van der Waals surface area contributed by atoms with E-state index in [1.165, 1.54) is 12.8 Å². The summed E-state index contributed by atoms with van der Waals surface area (Å²) in [7, 11) is 0. The van der Waals surface area contributed by atoms with Gasteiger partial charge in [0.1, 0.15) is 0 Å². The molecule has 1 aliphatic carbocycles. The lowest BCUT2D eigenvalue weighted by atomic mass is 10.2. The first-order chi connectivity index (χ1) is 7.66. The van der Waals surface area contributed by atoms with Crippen LogP contribution in [0.25, 0.3) is 0 Å². The fourth-order valence-electron chi connectivity index (χ4n) is 1.57. The second kappa shape index (κ2) is 5.19. The van der Waals surface area contributed by atoms with Crippen LogP contribution in [0.2, 0.25) is 5.02 Å². The van der Waals surface area contributed by atoms with E-state index in [9.17, 15) is 4.79 Å². The Hall–Kier alpha value is -0.540. The Balaban J connectivity index is 1.91. The summed E-state index contributed by atoms with van der Waals surface area (Å²) in [5, 5.41) is 3.54. The van der Waals surface area contributed by atoms with E-state index in [2.05, 4.69) is 21.2 Å². The molecule has 2 nitrogen and oxygen atoms in total. The van der Waals surface area contributed by atoms with E-state index < -0.39 is 0 Å². The fourth-order valence-corrected chi connectivity index (χ4v) is 2.43. The lowest BCUT2D eigenvalue weighted by molar-refractivity contribution is 0.0952. The van der Waals surface area contributed by atoms with Gasteiger partial charge in [0, 0.05) is 16.0 Å². The molecule has 0 heterocycles. The molecular weight excluding hydrogens is 289 g/mol. The zero-order chi connectivity index (χ0) is 11.5. The second-order valence-corrected chi connectivity index (χ2v) is 5.40. The minimum Gasteiger partial charge on any atom is -0.352 e. The summed E-state index contributed by atoms with van der Waals surface area (Å²) in [5.74, 6) is 0.804. The molecule has 16 heavy (non-hydrogen) atoms. The summed E-state index contributed by atoms with van der Waals surface area (Å²) in [4.78, 5) is 11.8. The first-order valence-corrected chi connectivity index (χ1v) is 6.57. The van der Waals surface area contributed by atoms with Crippen molar-refractivity contribution in [1.29, 1.82) is 0 Å². The maximum absolute atomic E-state index is 11.8. The van der Waals surface area contributed by atoms with Crippen LogP contribution in [0.1, 0.15) is 29.6 Å². The topological polar surface area (TPSA) is 29.1 Å². The monoisotopic (exact) mass is 301 g/mol. The summed E-state index contributed by atoms with van der Waals surface area (Å²) < 4.78 is 0.740. The predicted molar refractivity (Wildman–Crippen MR) is 68.8 cm³/mol. The number of nitrogens with one attached hydrogen (secondary N) is 1. The lowest BCUT2D eigenvalue weighted by Crippen LogP contribution is -2.25. The average Bonchev–Trinajstić information content (AvgIpc) is 3.01. The highest BCUT2D eigenvalue weighted by molar-refractivity contribution is 9.10. The van der Waals surface area contributed by atoms with E-state index in [1.807, 2.05) is 0 Å². The third-order valence-electron chi connectivity index (χ3n) is 2.71. The molecule has 0 saturated heterocycles. The zero-order valence-electron chi connectivity index (χ0n) is 8.80. The van der Waals surface area contributed by atoms with E-state index in [0.717, 1.165) is 23.4 Å². The minimum atomic E-state index is -0.0378. The molecule has 1 N–H and O–H groups in total. The number of carbonyl (C=O) groups is 1. The first-order valence-electron chi connectivity index (χ1n) is 5.40. The highest BCUT2D eigenvalue weighted by atomic mass is 79.9. The Morgan fingerprint density at radius 3 is 2.88 bits per heavy atom. The van der Waals surface area contributed by atoms with Crippen LogP contribution >= 0.6 is 27.5 Å². The van der Waals surface area contributed by atoms with Crippen LogP contribution in [0.4, 0.5) is 0 Å². The van der Waals surface area contributed by atoms with Crippen molar-refractivity contribution < 1.29 is 4.79 Å². The quantitative estimate of drug-likeness (QED) is 0.904. The van der Waals surface area contributed by atoms with E-state index in [1.54, 1.807) is 18.2 Å². The molecule has 1 amide bonds. The van der Waals surface area contributed by atoms with Crippen molar-refractivity contribution in [3.63, 3.8) is 0 Å². The van der Waals surface area contributed by atoms with Gasteiger partial charge in [-0.25, -0.2) is 0 Å². The predicted octanol–water partition coefficient (Wildman–Crippen LogP) is 3.63. The van der Waals surface area contributed by atoms with Crippen LogP contribution in [0.5, 0.6) is 0 Å². The summed E-state index contributed by atoms with van der Waals surface area (Å²) in [6, 6.07) is 5.19. The fraction of sp³-hybridized carbons (Fsp3) is 0.417. The molecule has 1 aromatic rings. The maximum atomic E-state index is 11.8. The molecule has 0 atom stereocenters. The molecule has 1 fully saturated rings. The Bertz CT molecular complexity index is 404. The van der Waals surface area contributed by atoms with Crippen molar-refractivity contribution in [2.75, 3.05) is 6.54 Å². The van der Waals surface area contributed by atoms with Crippen LogP contribution in [0, 0.1) is 5.92 Å². The standard InChI is InChI=1S/C12H13BrClNO/c13-11-7-9(14)3-4-10(11)12(16)15-6-5-8-1-2-8/h3-4,7-8H,1-2,5-6H2,(H,15,16). The third-order valence-corrected chi connectivity index (χ3v) is 3.60. The van der Waals surface area contributed by atoms with Gasteiger partial charge in [0.25, 0.3) is 5.91 Å². The molecule has 0 radical (unpaired) electrons. The van der Waals surface area contributed by atoms with Gasteiger partial charge < -0.3 is 5.32 Å². The molecule has 0 aliphatic heterocycles. The van der Waals surface area contributed by atoms with Crippen molar-refractivity contribution in [2.45, 2.75) is 19.3 Å². The van der Waals surface area contributed by atoms with Crippen LogP contribution in [-0.4, -0.2) is 12.5 Å². The van der Waals surface area contributed by atoms with Crippen molar-refractivity contribution >= 4 is 33.4 Å². The number of amides is 1. The van der Waals surface area contributed by atoms with Crippen LogP contribution in [-0.2, 0) is 0 Å². The molecule has 1 aromatic carbocycles. The number of halogens is 2. The first kappa shape index (κ1) is 11.9. The second-order valence-electron chi connectivity index (χ2n) is 4.11. The van der Waals surface area contributed by atoms with Crippen molar-refractivity contribution in [3.05, 3.63) is 33.3 Å². The van der Waals surface area contributed by atoms with Crippen molar-refractivity contribution in [2.24, 2.45) is 5.92 Å². The highest BCUT2D eigenvalue weighted by Crippen LogP contribution is 2.31. The Labute approximate surface area is 108 Å². The minimum absolute atomic E-state index is 0.0378. The van der Waals surface area contributed by atoms with E-state index >= 15 is 0 Å². The molecule has 1 saturated carbocycles. The molecule has 4 heteroatoms. The molecular formula is C12H13BrClNO. The molecule has 0 bridgehead atoms. The summed E-state index contributed by atoms with van der Waals surface area (Å²) in [6.07, 6.45) is 3.73. The summed E-state index contributed by atoms with van der Waals surface area (Å²) in [5.41, 5.74) is 0.639. The highest BCUT2D eigenvalue weighted by Gasteiger charge is 2.20. The van der Waals surface area contributed by atoms with Gasteiger partial charge >= 0.3 is 0 Å². The van der Waals surface area contributed by atoms with Gasteiger partial charge in [-0.1, -0.05) is 24.4 Å². The van der Waals surface area contributed by atoms with Crippen LogP contribution in [0.15, 0.2) is 22.7 Å². The lowest BCUT2D eigenvalue weighted by Gasteiger charge is -2.06. The Morgan fingerprint density at radius 1 is 1.50 bits per heavy atom. The molecule has 0 spiro atoms. The summed E-state index contributed by atoms with van der Waals surface area (Å²) in [6.45, 7) is 0.762. The summed E-state index contributed by atoms with van der Waals surface area (Å²) >= 11 is 9.15. The number of hydrogen-bond acceptors (Lipinski definition) is 1. The average molecular weight is 303 g/mol. The number of hydrogen-bond donors (Lipinski definition) is 1. The number of carbonyl (C=O) groups excluding carboxylic acids is 1. The molecule has 86 valence electrons. The molecule has 0 unspecified atom stereocenters. The van der Waals surface area contributed by atoms with Gasteiger partial charge in [-0.15, -0.1) is 0 Å². The Morgan fingerprint density at radius 2 is 2.25 bits per heavy atom. The molecule has 0 aromatic heterocycles. The van der Waals surface area contributed by atoms with E-state index in [0.29, 0.717) is 10.6 Å². The third kappa shape index (κ3) is 3.22. The van der Waals surface area contributed by atoms with Gasteiger partial charge in [0.05, 0.1) is 5.56 Å². The zero-order valence-corrected chi connectivity index (χ0v) is 11.1. The maximum Gasteiger partial charge on any atom is 0.252 e.